The summed E-state index contributed by atoms with van der Waals surface area (Å²) < 4.78 is 43.5. The summed E-state index contributed by atoms with van der Waals surface area (Å²) in [6, 6.07) is 4.16. The lowest BCUT2D eigenvalue weighted by Crippen LogP contribution is -2.19. The number of hydrogen-bond acceptors (Lipinski definition) is 6. The van der Waals surface area contributed by atoms with Gasteiger partial charge in [0.15, 0.2) is 16.8 Å². The molecule has 2 N–H and O–H groups in total. The number of carbonyl (C=O) groups is 1. The molecule has 3 aromatic rings. The van der Waals surface area contributed by atoms with Crippen molar-refractivity contribution in [2.45, 2.75) is 10.1 Å². The van der Waals surface area contributed by atoms with Gasteiger partial charge in [-0.3, -0.25) is 10.0 Å². The van der Waals surface area contributed by atoms with Crippen LogP contribution in [0.1, 0.15) is 10.4 Å². The fourth-order valence-electron chi connectivity index (χ4n) is 2.10. The van der Waals surface area contributed by atoms with Crippen LogP contribution >= 0.6 is 11.8 Å². The van der Waals surface area contributed by atoms with Gasteiger partial charge in [-0.25, -0.2) is 23.6 Å². The molecule has 2 heterocycles. The minimum absolute atomic E-state index is 0.0507. The van der Waals surface area contributed by atoms with Crippen molar-refractivity contribution in [2.24, 2.45) is 7.05 Å². The first-order valence-electron chi connectivity index (χ1n) is 7.04. The number of hydrogen-bond donors (Lipinski definition) is 2. The molecule has 0 fully saturated rings. The van der Waals surface area contributed by atoms with Crippen LogP contribution in [-0.2, 0) is 7.05 Å². The smallest absolute Gasteiger partial charge is 0.274 e. The van der Waals surface area contributed by atoms with Crippen molar-refractivity contribution < 1.29 is 23.2 Å². The maximum atomic E-state index is 14.2. The van der Waals surface area contributed by atoms with E-state index in [0.717, 1.165) is 12.1 Å². The second kappa shape index (κ2) is 7.14. The zero-order valence-corrected chi connectivity index (χ0v) is 13.9. The first-order valence-corrected chi connectivity index (χ1v) is 7.85. The number of amides is 1. The summed E-state index contributed by atoms with van der Waals surface area (Å²) in [7, 11) is 1.50. The molecule has 0 bridgehead atoms. The first kappa shape index (κ1) is 17.9. The minimum atomic E-state index is -1.05. The fraction of sp³-hybridized carbons (Fsp3) is 0.0667. The SMILES string of the molecule is Cn1c(Sc2c(F)cc(C(=O)NO)cc2F)nnc1-c1ncccc1F. The molecule has 0 aliphatic heterocycles. The van der Waals surface area contributed by atoms with Gasteiger partial charge in [-0.05, 0) is 36.0 Å². The van der Waals surface area contributed by atoms with Crippen LogP contribution in [-0.4, -0.2) is 30.9 Å². The van der Waals surface area contributed by atoms with Gasteiger partial charge >= 0.3 is 0 Å². The molecule has 0 radical (unpaired) electrons. The average Bonchev–Trinajstić information content (AvgIpc) is 2.98. The second-order valence-electron chi connectivity index (χ2n) is 5.01. The van der Waals surface area contributed by atoms with Crippen molar-refractivity contribution in [1.82, 2.24) is 25.2 Å². The van der Waals surface area contributed by atoms with Crippen LogP contribution in [0.5, 0.6) is 0 Å². The van der Waals surface area contributed by atoms with Gasteiger partial charge in [0, 0.05) is 18.8 Å². The van der Waals surface area contributed by atoms with Gasteiger partial charge in [0.1, 0.15) is 17.3 Å². The summed E-state index contributed by atoms with van der Waals surface area (Å²) in [6.45, 7) is 0. The molecular formula is C15H10F3N5O2S. The minimum Gasteiger partial charge on any atom is -0.303 e. The lowest BCUT2D eigenvalue weighted by molar-refractivity contribution is 0.0705. The molecule has 0 saturated heterocycles. The predicted molar refractivity (Wildman–Crippen MR) is 83.9 cm³/mol. The van der Waals surface area contributed by atoms with Crippen LogP contribution in [0.4, 0.5) is 13.2 Å². The van der Waals surface area contributed by atoms with E-state index in [0.29, 0.717) is 11.8 Å². The summed E-state index contributed by atoms with van der Waals surface area (Å²) >= 11 is 0.612. The van der Waals surface area contributed by atoms with E-state index in [1.165, 1.54) is 35.4 Å². The number of halogens is 3. The predicted octanol–water partition coefficient (Wildman–Crippen LogP) is 2.56. The molecule has 0 saturated carbocycles. The van der Waals surface area contributed by atoms with Crippen LogP contribution in [0.2, 0.25) is 0 Å². The van der Waals surface area contributed by atoms with Crippen molar-refractivity contribution in [1.29, 1.82) is 0 Å². The van der Waals surface area contributed by atoms with Crippen molar-refractivity contribution in [3.8, 4) is 11.5 Å². The number of benzene rings is 1. The van der Waals surface area contributed by atoms with Gasteiger partial charge in [-0.15, -0.1) is 10.2 Å². The van der Waals surface area contributed by atoms with E-state index in [1.807, 2.05) is 0 Å². The standard InChI is InChI=1S/C15H10F3N5O2S/c1-23-13(11-8(16)3-2-4-19-11)20-21-15(23)26-12-9(17)5-7(6-10(12)18)14(24)22-25/h2-6,25H,1H3,(H,22,24). The molecule has 26 heavy (non-hydrogen) atoms. The van der Waals surface area contributed by atoms with Crippen LogP contribution in [0.25, 0.3) is 11.5 Å². The maximum absolute atomic E-state index is 14.2. The highest BCUT2D eigenvalue weighted by atomic mass is 32.2. The van der Waals surface area contributed by atoms with Gasteiger partial charge in [-0.2, -0.15) is 0 Å². The summed E-state index contributed by atoms with van der Waals surface area (Å²) in [4.78, 5) is 14.7. The van der Waals surface area contributed by atoms with Crippen LogP contribution in [0, 0.1) is 17.5 Å². The van der Waals surface area contributed by atoms with Crippen LogP contribution in [0.3, 0.4) is 0 Å². The van der Waals surface area contributed by atoms with Crippen molar-refractivity contribution in [3.63, 3.8) is 0 Å². The van der Waals surface area contributed by atoms with E-state index in [1.54, 1.807) is 0 Å². The Kier molecular flexibility index (Phi) is 4.91. The topological polar surface area (TPSA) is 92.9 Å². The maximum Gasteiger partial charge on any atom is 0.274 e. The number of pyridine rings is 1. The Hall–Kier alpha value is -2.92. The molecule has 0 spiro atoms. The Bertz CT molecular complexity index is 972. The lowest BCUT2D eigenvalue weighted by atomic mass is 10.2. The third-order valence-corrected chi connectivity index (χ3v) is 4.49. The molecule has 0 atom stereocenters. The van der Waals surface area contributed by atoms with E-state index < -0.39 is 28.3 Å². The number of nitrogens with zero attached hydrogens (tertiary/aromatic N) is 4. The van der Waals surface area contributed by atoms with Crippen LogP contribution in [0.15, 0.2) is 40.5 Å². The summed E-state index contributed by atoms with van der Waals surface area (Å²) in [5.41, 5.74) is 0.854. The van der Waals surface area contributed by atoms with Crippen molar-refractivity contribution in [2.75, 3.05) is 0 Å². The van der Waals surface area contributed by atoms with E-state index >= 15 is 0 Å². The third kappa shape index (κ3) is 3.26. The second-order valence-corrected chi connectivity index (χ2v) is 5.99. The molecule has 11 heteroatoms. The Morgan fingerprint density at radius 2 is 1.88 bits per heavy atom. The van der Waals surface area contributed by atoms with Gasteiger partial charge in [0.05, 0.1) is 4.90 Å². The van der Waals surface area contributed by atoms with E-state index in [2.05, 4.69) is 15.2 Å². The van der Waals surface area contributed by atoms with Crippen molar-refractivity contribution >= 4 is 17.7 Å². The van der Waals surface area contributed by atoms with E-state index in [-0.39, 0.29) is 22.2 Å². The normalized spacial score (nSPS) is 10.8. The first-order chi connectivity index (χ1) is 12.4. The van der Waals surface area contributed by atoms with E-state index in [9.17, 15) is 18.0 Å². The van der Waals surface area contributed by atoms with Gasteiger partial charge < -0.3 is 4.57 Å². The highest BCUT2D eigenvalue weighted by Gasteiger charge is 2.21. The van der Waals surface area contributed by atoms with Gasteiger partial charge in [-0.1, -0.05) is 0 Å². The number of aromatic nitrogens is 4. The summed E-state index contributed by atoms with van der Waals surface area (Å²) in [5, 5.41) is 16.2. The highest BCUT2D eigenvalue weighted by Crippen LogP contribution is 2.33. The van der Waals surface area contributed by atoms with E-state index in [4.69, 9.17) is 5.21 Å². The number of carbonyl (C=O) groups excluding carboxylic acids is 1. The number of nitrogens with one attached hydrogen (secondary N) is 1. The van der Waals surface area contributed by atoms with Crippen molar-refractivity contribution in [3.05, 3.63) is 53.5 Å². The molecule has 1 aromatic carbocycles. The Morgan fingerprint density at radius 1 is 1.19 bits per heavy atom. The molecular weight excluding hydrogens is 371 g/mol. The molecule has 1 amide bonds. The average molecular weight is 381 g/mol. The molecule has 0 unspecified atom stereocenters. The fourth-order valence-corrected chi connectivity index (χ4v) is 2.91. The largest absolute Gasteiger partial charge is 0.303 e. The molecule has 0 aliphatic rings. The molecule has 0 aliphatic carbocycles. The monoisotopic (exact) mass is 381 g/mol. The van der Waals surface area contributed by atoms with Gasteiger partial charge in [0.2, 0.25) is 0 Å². The molecule has 7 nitrogen and oxygen atoms in total. The Labute approximate surface area is 148 Å². The third-order valence-electron chi connectivity index (χ3n) is 3.36. The lowest BCUT2D eigenvalue weighted by Gasteiger charge is -2.07. The zero-order chi connectivity index (χ0) is 18.8. The Morgan fingerprint density at radius 3 is 2.50 bits per heavy atom. The van der Waals surface area contributed by atoms with Gasteiger partial charge in [0.25, 0.3) is 5.91 Å². The molecule has 2 aromatic heterocycles. The number of rotatable bonds is 4. The molecule has 3 rings (SSSR count). The molecule has 134 valence electrons. The van der Waals surface area contributed by atoms with Crippen LogP contribution < -0.4 is 5.48 Å². The number of hydroxylamine groups is 1. The highest BCUT2D eigenvalue weighted by molar-refractivity contribution is 7.99. The Balaban J connectivity index is 1.96. The summed E-state index contributed by atoms with van der Waals surface area (Å²) in [5.74, 6) is -3.63. The quantitative estimate of drug-likeness (QED) is 0.533. The summed E-state index contributed by atoms with van der Waals surface area (Å²) in [6.07, 6.45) is 1.38. The zero-order valence-electron chi connectivity index (χ0n) is 13.1.